The maximum absolute atomic E-state index is 12.2. The van der Waals surface area contributed by atoms with Gasteiger partial charge in [-0.15, -0.1) is 0 Å². The van der Waals surface area contributed by atoms with Crippen molar-refractivity contribution < 1.29 is 15.0 Å². The van der Waals surface area contributed by atoms with Gasteiger partial charge in [-0.3, -0.25) is 4.79 Å². The number of carbonyl (C=O) groups excluding carboxylic acids is 1. The van der Waals surface area contributed by atoms with E-state index in [1.807, 2.05) is 0 Å². The number of fused-ring (bicyclic) bond motifs is 1. The van der Waals surface area contributed by atoms with Crippen molar-refractivity contribution in [2.45, 2.75) is 32.6 Å². The number of amides is 1. The number of phenolic OH excluding ortho intramolecular Hbond substituents is 2. The molecule has 3 N–H and O–H groups in total. The average Bonchev–Trinajstić information content (AvgIpc) is 3.10. The van der Waals surface area contributed by atoms with Gasteiger partial charge in [-0.25, -0.2) is 5.43 Å². The van der Waals surface area contributed by atoms with E-state index >= 15 is 0 Å². The molecular weight excluding hydrogens is 348 g/mol. The smallest absolute Gasteiger partial charge is 0.244 e. The summed E-state index contributed by atoms with van der Waals surface area (Å²) in [7, 11) is 0. The Morgan fingerprint density at radius 3 is 2.86 bits per heavy atom. The van der Waals surface area contributed by atoms with Crippen LogP contribution in [0.1, 0.15) is 38.2 Å². The lowest BCUT2D eigenvalue weighted by Crippen LogP contribution is -2.22. The number of aromatic hydroxyl groups is 2. The highest BCUT2D eigenvalue weighted by Gasteiger charge is 2.64. The minimum atomic E-state index is -0.0919. The number of carbonyl (C=O) groups is 1. The van der Waals surface area contributed by atoms with Crippen LogP contribution in [-0.4, -0.2) is 22.3 Å². The molecule has 2 saturated carbocycles. The van der Waals surface area contributed by atoms with Crippen LogP contribution in [-0.2, 0) is 4.79 Å². The van der Waals surface area contributed by atoms with Crippen LogP contribution >= 0.6 is 15.9 Å². The molecule has 2 aliphatic rings. The summed E-state index contributed by atoms with van der Waals surface area (Å²) in [5.41, 5.74) is 3.15. The summed E-state index contributed by atoms with van der Waals surface area (Å²) >= 11 is 3.17. The van der Waals surface area contributed by atoms with E-state index in [0.29, 0.717) is 16.0 Å². The minimum absolute atomic E-state index is 0.0389. The second-order valence-corrected chi connectivity index (χ2v) is 7.29. The summed E-state index contributed by atoms with van der Waals surface area (Å²) in [6.07, 6.45) is 6.04. The maximum Gasteiger partial charge on any atom is 0.244 e. The molecule has 0 unspecified atom stereocenters. The number of benzene rings is 1. The van der Waals surface area contributed by atoms with Crippen molar-refractivity contribution in [2.24, 2.45) is 22.4 Å². The Balaban J connectivity index is 1.63. The number of nitrogens with one attached hydrogen (secondary N) is 1. The third-order valence-electron chi connectivity index (χ3n) is 5.09. The number of nitrogens with zero attached hydrogens (tertiary/aromatic N) is 1. The molecule has 22 heavy (non-hydrogen) atoms. The van der Waals surface area contributed by atoms with Gasteiger partial charge in [-0.1, -0.05) is 19.8 Å². The zero-order valence-corrected chi connectivity index (χ0v) is 13.9. The van der Waals surface area contributed by atoms with Crippen molar-refractivity contribution in [3.63, 3.8) is 0 Å². The average molecular weight is 367 g/mol. The lowest BCUT2D eigenvalue weighted by molar-refractivity contribution is -0.123. The molecule has 3 rings (SSSR count). The Hall–Kier alpha value is -1.56. The van der Waals surface area contributed by atoms with Crippen molar-refractivity contribution in [2.75, 3.05) is 0 Å². The van der Waals surface area contributed by atoms with Gasteiger partial charge in [0, 0.05) is 17.5 Å². The monoisotopic (exact) mass is 366 g/mol. The van der Waals surface area contributed by atoms with E-state index in [-0.39, 0.29) is 28.7 Å². The Kier molecular flexibility index (Phi) is 3.89. The summed E-state index contributed by atoms with van der Waals surface area (Å²) in [5, 5.41) is 23.1. The zero-order valence-electron chi connectivity index (χ0n) is 12.3. The molecule has 3 atom stereocenters. The van der Waals surface area contributed by atoms with Crippen molar-refractivity contribution in [3.8, 4) is 11.5 Å². The number of halogens is 1. The van der Waals surface area contributed by atoms with Crippen LogP contribution in [0.4, 0.5) is 0 Å². The maximum atomic E-state index is 12.2. The fourth-order valence-corrected chi connectivity index (χ4v) is 4.12. The van der Waals surface area contributed by atoms with Gasteiger partial charge in [0.2, 0.25) is 5.91 Å². The van der Waals surface area contributed by atoms with Crippen LogP contribution in [0, 0.1) is 17.3 Å². The van der Waals surface area contributed by atoms with Gasteiger partial charge in [-0.05, 0) is 46.2 Å². The van der Waals surface area contributed by atoms with Gasteiger partial charge >= 0.3 is 0 Å². The second kappa shape index (κ2) is 5.57. The van der Waals surface area contributed by atoms with Gasteiger partial charge in [0.25, 0.3) is 0 Å². The van der Waals surface area contributed by atoms with Crippen molar-refractivity contribution in [1.82, 2.24) is 5.43 Å². The standard InChI is InChI=1S/C16H19BrN2O3/c1-16-5-3-2-4-10(16)14(16)15(22)19-18-8-9-6-11(17)13(21)7-12(9)20/h6-8,10,14,20-21H,2-5H2,1H3,(H,19,22)/b18-8+/t10-,14+,16+/m1/s1. The summed E-state index contributed by atoms with van der Waals surface area (Å²) in [6.45, 7) is 2.19. The molecular formula is C16H19BrN2O3. The summed E-state index contributed by atoms with van der Waals surface area (Å²) < 4.78 is 0.457. The summed E-state index contributed by atoms with van der Waals surface area (Å²) in [4.78, 5) is 12.2. The summed E-state index contributed by atoms with van der Waals surface area (Å²) in [5.74, 6) is 0.377. The van der Waals surface area contributed by atoms with Gasteiger partial charge in [0.15, 0.2) is 0 Å². The van der Waals surface area contributed by atoms with Crippen LogP contribution in [0.2, 0.25) is 0 Å². The second-order valence-electron chi connectivity index (χ2n) is 6.43. The van der Waals surface area contributed by atoms with E-state index in [1.54, 1.807) is 6.07 Å². The van der Waals surface area contributed by atoms with Crippen LogP contribution in [0.25, 0.3) is 0 Å². The third-order valence-corrected chi connectivity index (χ3v) is 5.72. The highest BCUT2D eigenvalue weighted by atomic mass is 79.9. The number of rotatable bonds is 3. The van der Waals surface area contributed by atoms with E-state index in [9.17, 15) is 15.0 Å². The Morgan fingerprint density at radius 2 is 2.18 bits per heavy atom. The number of hydrogen-bond acceptors (Lipinski definition) is 4. The highest BCUT2D eigenvalue weighted by molar-refractivity contribution is 9.10. The van der Waals surface area contributed by atoms with E-state index in [4.69, 9.17) is 0 Å². The molecule has 0 heterocycles. The molecule has 0 aromatic heterocycles. The number of hydrazone groups is 1. The molecule has 118 valence electrons. The molecule has 0 bridgehead atoms. The predicted molar refractivity (Wildman–Crippen MR) is 86.8 cm³/mol. The molecule has 6 heteroatoms. The van der Waals surface area contributed by atoms with E-state index in [2.05, 4.69) is 33.4 Å². The van der Waals surface area contributed by atoms with Crippen LogP contribution in [0.5, 0.6) is 11.5 Å². The fourth-order valence-electron chi connectivity index (χ4n) is 3.76. The third kappa shape index (κ3) is 2.60. The van der Waals surface area contributed by atoms with Crippen LogP contribution < -0.4 is 5.43 Å². The Bertz CT molecular complexity index is 647. The van der Waals surface area contributed by atoms with Crippen molar-refractivity contribution in [3.05, 3.63) is 22.2 Å². The quantitative estimate of drug-likeness (QED) is 0.567. The number of hydrogen-bond donors (Lipinski definition) is 3. The lowest BCUT2D eigenvalue weighted by atomic mass is 9.90. The minimum Gasteiger partial charge on any atom is -0.507 e. The largest absolute Gasteiger partial charge is 0.507 e. The first-order chi connectivity index (χ1) is 10.4. The summed E-state index contributed by atoms with van der Waals surface area (Å²) in [6, 6.07) is 2.77. The molecule has 5 nitrogen and oxygen atoms in total. The molecule has 1 amide bonds. The zero-order chi connectivity index (χ0) is 15.9. The molecule has 0 saturated heterocycles. The highest BCUT2D eigenvalue weighted by Crippen LogP contribution is 2.66. The fraction of sp³-hybridized carbons (Fsp3) is 0.500. The normalized spacial score (nSPS) is 30.1. The van der Waals surface area contributed by atoms with Gasteiger partial charge in [0.1, 0.15) is 11.5 Å². The van der Waals surface area contributed by atoms with Gasteiger partial charge < -0.3 is 10.2 Å². The molecule has 1 aromatic rings. The van der Waals surface area contributed by atoms with Crippen LogP contribution in [0.3, 0.4) is 0 Å². The molecule has 0 aliphatic heterocycles. The number of phenols is 2. The predicted octanol–water partition coefficient (Wildman–Crippen LogP) is 3.14. The molecule has 0 spiro atoms. The first kappa shape index (κ1) is 15.3. The molecule has 2 aliphatic carbocycles. The SMILES string of the molecule is C[C@]12CCCC[C@@H]1[C@H]2C(=O)N/N=C/c1cc(Br)c(O)cc1O. The van der Waals surface area contributed by atoms with Crippen molar-refractivity contribution in [1.29, 1.82) is 0 Å². The van der Waals surface area contributed by atoms with Crippen LogP contribution in [0.15, 0.2) is 21.7 Å². The molecule has 2 fully saturated rings. The lowest BCUT2D eigenvalue weighted by Gasteiger charge is -2.15. The first-order valence-corrected chi connectivity index (χ1v) is 8.27. The van der Waals surface area contributed by atoms with E-state index in [0.717, 1.165) is 12.8 Å². The van der Waals surface area contributed by atoms with Crippen molar-refractivity contribution >= 4 is 28.1 Å². The van der Waals surface area contributed by atoms with Gasteiger partial charge in [-0.2, -0.15) is 5.10 Å². The van der Waals surface area contributed by atoms with E-state index < -0.39 is 0 Å². The molecule has 1 aromatic carbocycles. The Morgan fingerprint density at radius 1 is 1.41 bits per heavy atom. The topological polar surface area (TPSA) is 81.9 Å². The van der Waals surface area contributed by atoms with E-state index in [1.165, 1.54) is 25.1 Å². The molecule has 0 radical (unpaired) electrons. The van der Waals surface area contributed by atoms with Gasteiger partial charge in [0.05, 0.1) is 10.7 Å². The first-order valence-electron chi connectivity index (χ1n) is 7.48. The Labute approximate surface area is 137 Å².